The van der Waals surface area contributed by atoms with Crippen LogP contribution in [0.3, 0.4) is 0 Å². The highest BCUT2D eigenvalue weighted by Crippen LogP contribution is 2.21. The molecule has 2 heterocycles. The molecular weight excluding hydrogens is 295 g/mol. The van der Waals surface area contributed by atoms with E-state index in [0.717, 1.165) is 0 Å². The summed E-state index contributed by atoms with van der Waals surface area (Å²) in [5, 5.41) is 2.47. The largest absolute Gasteiger partial charge is 0.304 e. The number of carbonyl (C=O) groups excluding carboxylic acids is 1. The number of pyridine rings is 1. The van der Waals surface area contributed by atoms with Gasteiger partial charge in [0.25, 0.3) is 5.91 Å². The van der Waals surface area contributed by atoms with Crippen LogP contribution in [0.1, 0.15) is 10.4 Å². The first kappa shape index (κ1) is 13.4. The zero-order valence-corrected chi connectivity index (χ0v) is 11.3. The number of hydrogen-bond acceptors (Lipinski definition) is 4. The maximum Gasteiger partial charge on any atom is 0.261 e. The second-order valence-electron chi connectivity index (χ2n) is 4.15. The molecule has 0 saturated heterocycles. The molecular formula is C14H8ClFN4O. The van der Waals surface area contributed by atoms with Gasteiger partial charge in [-0.3, -0.25) is 4.79 Å². The van der Waals surface area contributed by atoms with Crippen molar-refractivity contribution in [3.05, 3.63) is 59.3 Å². The summed E-state index contributed by atoms with van der Waals surface area (Å²) in [7, 11) is 0. The number of rotatable bonds is 2. The zero-order chi connectivity index (χ0) is 14.8. The summed E-state index contributed by atoms with van der Waals surface area (Å²) < 4.78 is 13.5. The Hall–Kier alpha value is -2.60. The van der Waals surface area contributed by atoms with Crippen LogP contribution in [-0.2, 0) is 0 Å². The highest BCUT2D eigenvalue weighted by Gasteiger charge is 2.15. The van der Waals surface area contributed by atoms with Gasteiger partial charge < -0.3 is 5.32 Å². The summed E-state index contributed by atoms with van der Waals surface area (Å²) >= 11 is 5.98. The SMILES string of the molecule is O=C(Nc1nc2ccccc2nc1Cl)c1cccnc1F. The Labute approximate surface area is 123 Å². The minimum atomic E-state index is -0.861. The van der Waals surface area contributed by atoms with Crippen molar-refractivity contribution in [3.63, 3.8) is 0 Å². The number of fused-ring (bicyclic) bond motifs is 1. The van der Waals surface area contributed by atoms with Crippen LogP contribution in [0.2, 0.25) is 5.15 Å². The summed E-state index contributed by atoms with van der Waals surface area (Å²) in [5.41, 5.74) is 0.987. The number of nitrogens with one attached hydrogen (secondary N) is 1. The van der Waals surface area contributed by atoms with Gasteiger partial charge in [-0.1, -0.05) is 23.7 Å². The highest BCUT2D eigenvalue weighted by molar-refractivity contribution is 6.32. The van der Waals surface area contributed by atoms with E-state index < -0.39 is 11.9 Å². The van der Waals surface area contributed by atoms with E-state index >= 15 is 0 Å². The lowest BCUT2D eigenvalue weighted by Crippen LogP contribution is -2.16. The second kappa shape index (κ2) is 5.41. The Bertz CT molecular complexity index is 840. The topological polar surface area (TPSA) is 67.8 Å². The fourth-order valence-corrected chi connectivity index (χ4v) is 1.97. The fourth-order valence-electron chi connectivity index (χ4n) is 1.79. The van der Waals surface area contributed by atoms with Crippen molar-refractivity contribution in [1.29, 1.82) is 0 Å². The lowest BCUT2D eigenvalue weighted by molar-refractivity contribution is 0.102. The number of amides is 1. The number of anilines is 1. The number of nitrogens with zero attached hydrogens (tertiary/aromatic N) is 3. The number of carbonyl (C=O) groups is 1. The molecule has 0 aliphatic carbocycles. The van der Waals surface area contributed by atoms with E-state index in [1.54, 1.807) is 24.3 Å². The van der Waals surface area contributed by atoms with Crippen LogP contribution in [0.25, 0.3) is 11.0 Å². The Kier molecular flexibility index (Phi) is 3.45. The average molecular weight is 303 g/mol. The number of hydrogen-bond donors (Lipinski definition) is 1. The summed E-state index contributed by atoms with van der Waals surface area (Å²) in [6.07, 6.45) is 1.26. The van der Waals surface area contributed by atoms with Gasteiger partial charge >= 0.3 is 0 Å². The van der Waals surface area contributed by atoms with Crippen molar-refractivity contribution in [2.45, 2.75) is 0 Å². The molecule has 0 aliphatic rings. The summed E-state index contributed by atoms with van der Waals surface area (Å²) in [6.45, 7) is 0. The first-order valence-electron chi connectivity index (χ1n) is 5.99. The van der Waals surface area contributed by atoms with Crippen molar-refractivity contribution in [1.82, 2.24) is 15.0 Å². The molecule has 7 heteroatoms. The minimum absolute atomic E-state index is 0.0337. The predicted octanol–water partition coefficient (Wildman–Crippen LogP) is 3.07. The third-order valence-corrected chi connectivity index (χ3v) is 3.03. The molecule has 21 heavy (non-hydrogen) atoms. The quantitative estimate of drug-likeness (QED) is 0.739. The third kappa shape index (κ3) is 2.66. The van der Waals surface area contributed by atoms with Crippen LogP contribution in [0.15, 0.2) is 42.6 Å². The average Bonchev–Trinajstić information content (AvgIpc) is 2.48. The summed E-state index contributed by atoms with van der Waals surface area (Å²) in [5.74, 6) is -1.48. The molecule has 5 nitrogen and oxygen atoms in total. The molecule has 104 valence electrons. The minimum Gasteiger partial charge on any atom is -0.304 e. The molecule has 3 rings (SSSR count). The number of benzene rings is 1. The zero-order valence-electron chi connectivity index (χ0n) is 10.5. The number of aromatic nitrogens is 3. The van der Waals surface area contributed by atoms with Gasteiger partial charge in [-0.05, 0) is 24.3 Å². The van der Waals surface area contributed by atoms with Gasteiger partial charge in [0.2, 0.25) is 5.95 Å². The molecule has 0 aliphatic heterocycles. The molecule has 2 aromatic heterocycles. The van der Waals surface area contributed by atoms with Crippen molar-refractivity contribution in [3.8, 4) is 0 Å². The van der Waals surface area contributed by atoms with E-state index in [0.29, 0.717) is 11.0 Å². The molecule has 0 atom stereocenters. The normalized spacial score (nSPS) is 10.6. The van der Waals surface area contributed by atoms with Crippen molar-refractivity contribution >= 4 is 34.4 Å². The van der Waals surface area contributed by atoms with Gasteiger partial charge in [0.1, 0.15) is 0 Å². The predicted molar refractivity (Wildman–Crippen MR) is 76.7 cm³/mol. The molecule has 0 unspecified atom stereocenters. The first-order valence-corrected chi connectivity index (χ1v) is 6.37. The lowest BCUT2D eigenvalue weighted by atomic mass is 10.2. The molecule has 1 amide bonds. The molecule has 1 aromatic carbocycles. The molecule has 0 fully saturated rings. The van der Waals surface area contributed by atoms with Crippen LogP contribution in [0.4, 0.5) is 10.2 Å². The Morgan fingerprint density at radius 1 is 1.10 bits per heavy atom. The van der Waals surface area contributed by atoms with Gasteiger partial charge in [0.05, 0.1) is 16.6 Å². The van der Waals surface area contributed by atoms with Crippen molar-refractivity contribution in [2.75, 3.05) is 5.32 Å². The van der Waals surface area contributed by atoms with Crippen LogP contribution in [0.5, 0.6) is 0 Å². The van der Waals surface area contributed by atoms with E-state index in [2.05, 4.69) is 20.3 Å². The van der Waals surface area contributed by atoms with Crippen LogP contribution in [-0.4, -0.2) is 20.9 Å². The van der Waals surface area contributed by atoms with Crippen molar-refractivity contribution in [2.24, 2.45) is 0 Å². The molecule has 3 aromatic rings. The van der Waals surface area contributed by atoms with E-state index in [4.69, 9.17) is 11.6 Å². The summed E-state index contributed by atoms with van der Waals surface area (Å²) in [4.78, 5) is 23.7. The van der Waals surface area contributed by atoms with Gasteiger partial charge in [0, 0.05) is 6.20 Å². The fraction of sp³-hybridized carbons (Fsp3) is 0. The van der Waals surface area contributed by atoms with Crippen LogP contribution < -0.4 is 5.32 Å². The maximum atomic E-state index is 13.5. The Morgan fingerprint density at radius 3 is 2.52 bits per heavy atom. The van der Waals surface area contributed by atoms with E-state index in [9.17, 15) is 9.18 Å². The number of para-hydroxylation sites is 2. The number of halogens is 2. The van der Waals surface area contributed by atoms with Crippen molar-refractivity contribution < 1.29 is 9.18 Å². The van der Waals surface area contributed by atoms with Crippen LogP contribution in [0, 0.1) is 5.95 Å². The van der Waals surface area contributed by atoms with Gasteiger partial charge in [0.15, 0.2) is 11.0 Å². The first-order chi connectivity index (χ1) is 10.1. The summed E-state index contributed by atoms with van der Waals surface area (Å²) in [6, 6.07) is 9.86. The second-order valence-corrected chi connectivity index (χ2v) is 4.51. The van der Waals surface area contributed by atoms with Gasteiger partial charge in [-0.25, -0.2) is 15.0 Å². The molecule has 0 radical (unpaired) electrons. The highest BCUT2D eigenvalue weighted by atomic mass is 35.5. The van der Waals surface area contributed by atoms with E-state index in [1.165, 1.54) is 18.3 Å². The maximum absolute atomic E-state index is 13.5. The van der Waals surface area contributed by atoms with Crippen LogP contribution >= 0.6 is 11.6 Å². The molecule has 0 saturated carbocycles. The standard InChI is InChI=1S/C14H8ClFN4O/c15-11-13(19-10-6-2-1-5-9(10)18-11)20-14(21)8-4-3-7-17-12(8)16/h1-7H,(H,19,20,21). The Balaban J connectivity index is 1.96. The monoisotopic (exact) mass is 302 g/mol. The Morgan fingerprint density at radius 2 is 1.81 bits per heavy atom. The van der Waals surface area contributed by atoms with E-state index in [-0.39, 0.29) is 16.5 Å². The lowest BCUT2D eigenvalue weighted by Gasteiger charge is -2.07. The van der Waals surface area contributed by atoms with E-state index in [1.807, 2.05) is 0 Å². The smallest absolute Gasteiger partial charge is 0.261 e. The van der Waals surface area contributed by atoms with Gasteiger partial charge in [-0.15, -0.1) is 0 Å². The third-order valence-electron chi connectivity index (χ3n) is 2.76. The molecule has 0 bridgehead atoms. The molecule has 1 N–H and O–H groups in total. The van der Waals surface area contributed by atoms with Gasteiger partial charge in [-0.2, -0.15) is 4.39 Å². The molecule has 0 spiro atoms.